The summed E-state index contributed by atoms with van der Waals surface area (Å²) in [5.41, 5.74) is 1.96. The van der Waals surface area contributed by atoms with E-state index in [9.17, 15) is 5.11 Å². The molecule has 1 heterocycles. The molecule has 74 valence electrons. The number of methoxy groups -OCH3 is 1. The first kappa shape index (κ1) is 9.09. The average molecular weight is 191 g/mol. The van der Waals surface area contributed by atoms with Gasteiger partial charge in [0.15, 0.2) is 0 Å². The molecule has 0 atom stereocenters. The van der Waals surface area contributed by atoms with Crippen LogP contribution in [0.3, 0.4) is 0 Å². The highest BCUT2D eigenvalue weighted by molar-refractivity contribution is 5.88. The predicted molar refractivity (Wildman–Crippen MR) is 55.3 cm³/mol. The number of hydrogen-bond donors (Lipinski definition) is 1. The number of aromatic nitrogens is 1. The van der Waals surface area contributed by atoms with Crippen LogP contribution in [0.1, 0.15) is 5.56 Å². The summed E-state index contributed by atoms with van der Waals surface area (Å²) >= 11 is 0. The molecular weight excluding hydrogens is 178 g/mol. The molecule has 0 saturated carbocycles. The lowest BCUT2D eigenvalue weighted by atomic mass is 10.2. The van der Waals surface area contributed by atoms with E-state index >= 15 is 0 Å². The van der Waals surface area contributed by atoms with Gasteiger partial charge in [-0.1, -0.05) is 12.1 Å². The standard InChI is InChI=1S/C11H13NO2/c1-12-6-8(7-14-2)9-4-3-5-10(13)11(9)12/h3-6,13H,7H2,1-2H3. The Hall–Kier alpha value is -1.48. The summed E-state index contributed by atoms with van der Waals surface area (Å²) in [5.74, 6) is 0.312. The van der Waals surface area contributed by atoms with Gasteiger partial charge in [0.05, 0.1) is 12.1 Å². The van der Waals surface area contributed by atoms with Crippen molar-refractivity contribution in [1.82, 2.24) is 4.57 Å². The number of phenolic OH excluding ortho intramolecular Hbond substituents is 1. The highest BCUT2D eigenvalue weighted by atomic mass is 16.5. The molecule has 1 aromatic carbocycles. The predicted octanol–water partition coefficient (Wildman–Crippen LogP) is 2.03. The number of aromatic hydroxyl groups is 1. The molecule has 0 aliphatic heterocycles. The molecule has 0 aliphatic carbocycles. The number of ether oxygens (including phenoxy) is 1. The first-order valence-electron chi connectivity index (χ1n) is 4.49. The minimum absolute atomic E-state index is 0.312. The summed E-state index contributed by atoms with van der Waals surface area (Å²) in [6, 6.07) is 5.53. The molecule has 3 nitrogen and oxygen atoms in total. The molecule has 0 spiro atoms. The molecule has 2 rings (SSSR count). The van der Waals surface area contributed by atoms with E-state index in [2.05, 4.69) is 0 Å². The molecule has 1 aromatic heterocycles. The molecule has 0 amide bonds. The Balaban J connectivity index is 2.71. The van der Waals surface area contributed by atoms with Gasteiger partial charge in [0.1, 0.15) is 5.75 Å². The first-order chi connectivity index (χ1) is 6.74. The molecule has 0 aliphatic rings. The second kappa shape index (κ2) is 3.35. The van der Waals surface area contributed by atoms with Crippen LogP contribution in [0, 0.1) is 0 Å². The molecule has 2 aromatic rings. The van der Waals surface area contributed by atoms with Crippen molar-refractivity contribution < 1.29 is 9.84 Å². The molecule has 0 fully saturated rings. The highest BCUT2D eigenvalue weighted by Gasteiger charge is 2.08. The van der Waals surface area contributed by atoms with Crippen LogP contribution in [0.25, 0.3) is 10.9 Å². The molecule has 14 heavy (non-hydrogen) atoms. The lowest BCUT2D eigenvalue weighted by molar-refractivity contribution is 0.186. The summed E-state index contributed by atoms with van der Waals surface area (Å²) in [4.78, 5) is 0. The van der Waals surface area contributed by atoms with E-state index in [1.807, 2.05) is 29.9 Å². The monoisotopic (exact) mass is 191 g/mol. The fourth-order valence-electron chi connectivity index (χ4n) is 1.80. The summed E-state index contributed by atoms with van der Waals surface area (Å²) in [7, 11) is 3.59. The smallest absolute Gasteiger partial charge is 0.139 e. The van der Waals surface area contributed by atoms with E-state index in [0.717, 1.165) is 16.5 Å². The van der Waals surface area contributed by atoms with E-state index in [0.29, 0.717) is 12.4 Å². The van der Waals surface area contributed by atoms with Crippen LogP contribution < -0.4 is 0 Å². The maximum Gasteiger partial charge on any atom is 0.139 e. The van der Waals surface area contributed by atoms with Crippen LogP contribution in [0.4, 0.5) is 0 Å². The minimum atomic E-state index is 0.312. The number of aryl methyl sites for hydroxylation is 1. The molecule has 0 radical (unpaired) electrons. The maximum atomic E-state index is 9.67. The third-order valence-electron chi connectivity index (χ3n) is 2.36. The van der Waals surface area contributed by atoms with Gasteiger partial charge in [0.2, 0.25) is 0 Å². The number of benzene rings is 1. The molecule has 0 saturated heterocycles. The minimum Gasteiger partial charge on any atom is -0.506 e. The second-order valence-corrected chi connectivity index (χ2v) is 3.37. The third kappa shape index (κ3) is 1.26. The number of nitrogens with zero attached hydrogens (tertiary/aromatic N) is 1. The second-order valence-electron chi connectivity index (χ2n) is 3.37. The Bertz CT molecular complexity index is 460. The molecule has 0 unspecified atom stereocenters. The van der Waals surface area contributed by atoms with Crippen molar-refractivity contribution in [2.45, 2.75) is 6.61 Å². The quantitative estimate of drug-likeness (QED) is 0.788. The van der Waals surface area contributed by atoms with E-state index < -0.39 is 0 Å². The van der Waals surface area contributed by atoms with E-state index in [1.165, 1.54) is 0 Å². The van der Waals surface area contributed by atoms with E-state index in [-0.39, 0.29) is 0 Å². The third-order valence-corrected chi connectivity index (χ3v) is 2.36. The Morgan fingerprint density at radius 1 is 1.43 bits per heavy atom. The normalized spacial score (nSPS) is 11.0. The Labute approximate surface area is 82.5 Å². The van der Waals surface area contributed by atoms with Crippen molar-refractivity contribution in [3.63, 3.8) is 0 Å². The van der Waals surface area contributed by atoms with Gasteiger partial charge < -0.3 is 14.4 Å². The van der Waals surface area contributed by atoms with Crippen molar-refractivity contribution >= 4 is 10.9 Å². The highest BCUT2D eigenvalue weighted by Crippen LogP contribution is 2.28. The van der Waals surface area contributed by atoms with Crippen LogP contribution in [0.2, 0.25) is 0 Å². The maximum absolute atomic E-state index is 9.67. The molecule has 0 bridgehead atoms. The van der Waals surface area contributed by atoms with Gasteiger partial charge in [0, 0.05) is 31.3 Å². The summed E-state index contributed by atoms with van der Waals surface area (Å²) in [6.45, 7) is 0.570. The van der Waals surface area contributed by atoms with Crippen molar-refractivity contribution in [3.8, 4) is 5.75 Å². The Morgan fingerprint density at radius 3 is 2.93 bits per heavy atom. The fraction of sp³-hybridized carbons (Fsp3) is 0.273. The van der Waals surface area contributed by atoms with E-state index in [4.69, 9.17) is 4.74 Å². The number of hydrogen-bond acceptors (Lipinski definition) is 2. The van der Waals surface area contributed by atoms with Crippen molar-refractivity contribution in [3.05, 3.63) is 30.0 Å². The van der Waals surface area contributed by atoms with E-state index in [1.54, 1.807) is 13.2 Å². The summed E-state index contributed by atoms with van der Waals surface area (Å²) in [5, 5.41) is 10.7. The number of para-hydroxylation sites is 1. The largest absolute Gasteiger partial charge is 0.506 e. The topological polar surface area (TPSA) is 34.4 Å². The zero-order chi connectivity index (χ0) is 10.1. The van der Waals surface area contributed by atoms with Gasteiger partial charge in [0.25, 0.3) is 0 Å². The van der Waals surface area contributed by atoms with Gasteiger partial charge in [-0.2, -0.15) is 0 Å². The Morgan fingerprint density at radius 2 is 2.21 bits per heavy atom. The zero-order valence-corrected chi connectivity index (χ0v) is 8.32. The van der Waals surface area contributed by atoms with Crippen LogP contribution in [-0.2, 0) is 18.4 Å². The van der Waals surface area contributed by atoms with Gasteiger partial charge in [-0.05, 0) is 6.07 Å². The zero-order valence-electron chi connectivity index (χ0n) is 8.32. The van der Waals surface area contributed by atoms with Crippen LogP contribution in [-0.4, -0.2) is 16.8 Å². The van der Waals surface area contributed by atoms with Gasteiger partial charge in [-0.3, -0.25) is 0 Å². The van der Waals surface area contributed by atoms with Gasteiger partial charge >= 0.3 is 0 Å². The average Bonchev–Trinajstić information content (AvgIpc) is 2.46. The summed E-state index contributed by atoms with van der Waals surface area (Å²) < 4.78 is 7.01. The van der Waals surface area contributed by atoms with Crippen molar-refractivity contribution in [1.29, 1.82) is 0 Å². The van der Waals surface area contributed by atoms with Crippen molar-refractivity contribution in [2.75, 3.05) is 7.11 Å². The SMILES string of the molecule is COCc1cn(C)c2c(O)cccc12. The lowest BCUT2D eigenvalue weighted by Crippen LogP contribution is -1.85. The number of phenols is 1. The molecule has 1 N–H and O–H groups in total. The summed E-state index contributed by atoms with van der Waals surface area (Å²) in [6.07, 6.45) is 1.98. The van der Waals surface area contributed by atoms with Crippen LogP contribution in [0.5, 0.6) is 5.75 Å². The van der Waals surface area contributed by atoms with Crippen LogP contribution >= 0.6 is 0 Å². The first-order valence-corrected chi connectivity index (χ1v) is 4.49. The molecular formula is C11H13NO2. The number of fused-ring (bicyclic) bond motifs is 1. The van der Waals surface area contributed by atoms with Gasteiger partial charge in [-0.25, -0.2) is 0 Å². The fourth-order valence-corrected chi connectivity index (χ4v) is 1.80. The number of rotatable bonds is 2. The van der Waals surface area contributed by atoms with Crippen molar-refractivity contribution in [2.24, 2.45) is 7.05 Å². The van der Waals surface area contributed by atoms with Crippen LogP contribution in [0.15, 0.2) is 24.4 Å². The van der Waals surface area contributed by atoms with Gasteiger partial charge in [-0.15, -0.1) is 0 Å². The molecule has 3 heteroatoms. The lowest BCUT2D eigenvalue weighted by Gasteiger charge is -1.98. The Kier molecular flexibility index (Phi) is 2.17.